The Hall–Kier alpha value is -0.480. The third-order valence-corrected chi connectivity index (χ3v) is 2.41. The monoisotopic (exact) mass is 181 g/mol. The van der Waals surface area contributed by atoms with Gasteiger partial charge in [-0.15, -0.1) is 6.42 Å². The molecule has 1 N–H and O–H groups in total. The summed E-state index contributed by atoms with van der Waals surface area (Å²) >= 11 is 0. The maximum atomic E-state index is 5.59. The molecule has 0 aromatic rings. The Morgan fingerprint density at radius 3 is 1.38 bits per heavy atom. The second kappa shape index (κ2) is 3.35. The first-order valence-corrected chi connectivity index (χ1v) is 4.79. The zero-order valence-electron chi connectivity index (χ0n) is 10.1. The lowest BCUT2D eigenvalue weighted by Gasteiger charge is -2.43. The standard InChI is InChI=1S/C12H23N/c1-9-12(8,10(2,3)4)13-11(5,6)7/h1,13H,2-8H3. The molecule has 0 aliphatic heterocycles. The first-order valence-electron chi connectivity index (χ1n) is 4.79. The molecule has 0 fully saturated rings. The SMILES string of the molecule is C#CC(C)(NC(C)(C)C)C(C)(C)C. The Balaban J connectivity index is 4.81. The largest absolute Gasteiger partial charge is 0.296 e. The second-order valence-electron chi connectivity index (χ2n) is 5.89. The van der Waals surface area contributed by atoms with Crippen LogP contribution in [0.15, 0.2) is 0 Å². The van der Waals surface area contributed by atoms with Crippen molar-refractivity contribution in [1.29, 1.82) is 0 Å². The summed E-state index contributed by atoms with van der Waals surface area (Å²) in [6.45, 7) is 15.0. The molecular formula is C12H23N. The van der Waals surface area contributed by atoms with Gasteiger partial charge in [-0.3, -0.25) is 5.32 Å². The van der Waals surface area contributed by atoms with Crippen LogP contribution in [0.4, 0.5) is 0 Å². The van der Waals surface area contributed by atoms with Crippen LogP contribution in [0.2, 0.25) is 0 Å². The molecule has 0 rings (SSSR count). The van der Waals surface area contributed by atoms with Crippen LogP contribution in [0.5, 0.6) is 0 Å². The number of hydrogen-bond acceptors (Lipinski definition) is 1. The Bertz CT molecular complexity index is 209. The van der Waals surface area contributed by atoms with E-state index in [4.69, 9.17) is 6.42 Å². The van der Waals surface area contributed by atoms with Crippen molar-refractivity contribution < 1.29 is 0 Å². The van der Waals surface area contributed by atoms with E-state index in [9.17, 15) is 0 Å². The molecule has 0 spiro atoms. The van der Waals surface area contributed by atoms with Crippen molar-refractivity contribution in [2.24, 2.45) is 5.41 Å². The van der Waals surface area contributed by atoms with Crippen LogP contribution in [0.25, 0.3) is 0 Å². The van der Waals surface area contributed by atoms with Gasteiger partial charge in [-0.1, -0.05) is 26.7 Å². The van der Waals surface area contributed by atoms with E-state index in [1.807, 2.05) is 0 Å². The smallest absolute Gasteiger partial charge is 0.0822 e. The minimum absolute atomic E-state index is 0.0500. The van der Waals surface area contributed by atoms with Crippen molar-refractivity contribution in [2.75, 3.05) is 0 Å². The molecule has 0 heterocycles. The van der Waals surface area contributed by atoms with Gasteiger partial charge in [-0.25, -0.2) is 0 Å². The van der Waals surface area contributed by atoms with Crippen molar-refractivity contribution in [3.63, 3.8) is 0 Å². The van der Waals surface area contributed by atoms with E-state index >= 15 is 0 Å². The van der Waals surface area contributed by atoms with E-state index in [1.54, 1.807) is 0 Å². The Morgan fingerprint density at radius 1 is 0.923 bits per heavy atom. The summed E-state index contributed by atoms with van der Waals surface area (Å²) in [6.07, 6.45) is 5.59. The maximum absolute atomic E-state index is 5.59. The van der Waals surface area contributed by atoms with Crippen LogP contribution in [0, 0.1) is 17.8 Å². The van der Waals surface area contributed by atoms with E-state index in [0.29, 0.717) is 0 Å². The Morgan fingerprint density at radius 2 is 1.31 bits per heavy atom. The minimum Gasteiger partial charge on any atom is -0.296 e. The molecule has 76 valence electrons. The number of terminal acetylenes is 1. The average Bonchev–Trinajstić information content (AvgIpc) is 1.81. The van der Waals surface area contributed by atoms with Gasteiger partial charge in [0, 0.05) is 5.54 Å². The highest BCUT2D eigenvalue weighted by molar-refractivity contribution is 5.17. The fourth-order valence-electron chi connectivity index (χ4n) is 1.19. The summed E-state index contributed by atoms with van der Waals surface area (Å²) in [7, 11) is 0. The van der Waals surface area contributed by atoms with Crippen LogP contribution in [-0.2, 0) is 0 Å². The predicted molar refractivity (Wildman–Crippen MR) is 59.6 cm³/mol. The molecule has 0 aliphatic carbocycles. The molecule has 1 nitrogen and oxygen atoms in total. The molecule has 0 aromatic carbocycles. The van der Waals surface area contributed by atoms with E-state index in [1.165, 1.54) is 0 Å². The average molecular weight is 181 g/mol. The maximum Gasteiger partial charge on any atom is 0.0822 e. The van der Waals surface area contributed by atoms with Gasteiger partial charge < -0.3 is 0 Å². The van der Waals surface area contributed by atoms with E-state index in [2.05, 4.69) is 59.7 Å². The molecule has 0 bridgehead atoms. The van der Waals surface area contributed by atoms with Crippen LogP contribution in [0.1, 0.15) is 48.5 Å². The third kappa shape index (κ3) is 3.40. The van der Waals surface area contributed by atoms with Gasteiger partial charge in [0.2, 0.25) is 0 Å². The highest BCUT2D eigenvalue weighted by Crippen LogP contribution is 2.31. The molecular weight excluding hydrogens is 158 g/mol. The van der Waals surface area contributed by atoms with Gasteiger partial charge in [0.25, 0.3) is 0 Å². The normalized spacial score (nSPS) is 17.7. The van der Waals surface area contributed by atoms with E-state index in [-0.39, 0.29) is 16.5 Å². The van der Waals surface area contributed by atoms with E-state index < -0.39 is 0 Å². The van der Waals surface area contributed by atoms with Crippen LogP contribution in [-0.4, -0.2) is 11.1 Å². The lowest BCUT2D eigenvalue weighted by molar-refractivity contribution is 0.174. The molecule has 0 saturated heterocycles. The molecule has 0 saturated carbocycles. The van der Waals surface area contributed by atoms with Gasteiger partial charge in [0.05, 0.1) is 5.54 Å². The Labute approximate surface area is 83.3 Å². The first-order chi connectivity index (χ1) is 5.52. The quantitative estimate of drug-likeness (QED) is 0.613. The zero-order chi connectivity index (χ0) is 10.9. The molecule has 0 aromatic heterocycles. The Kier molecular flexibility index (Phi) is 3.22. The molecule has 1 unspecified atom stereocenters. The fourth-order valence-corrected chi connectivity index (χ4v) is 1.19. The second-order valence-corrected chi connectivity index (χ2v) is 5.89. The number of hydrogen-bond donors (Lipinski definition) is 1. The number of nitrogens with one attached hydrogen (secondary N) is 1. The predicted octanol–water partition coefficient (Wildman–Crippen LogP) is 2.81. The van der Waals surface area contributed by atoms with Gasteiger partial charge in [-0.05, 0) is 33.1 Å². The molecule has 1 atom stereocenters. The summed E-state index contributed by atoms with van der Waals surface area (Å²) in [4.78, 5) is 0. The fraction of sp³-hybridized carbons (Fsp3) is 0.833. The van der Waals surface area contributed by atoms with Crippen LogP contribution >= 0.6 is 0 Å². The summed E-state index contributed by atoms with van der Waals surface area (Å²) in [5.74, 6) is 2.86. The van der Waals surface area contributed by atoms with Crippen molar-refractivity contribution in [3.05, 3.63) is 0 Å². The van der Waals surface area contributed by atoms with Gasteiger partial charge in [-0.2, -0.15) is 0 Å². The van der Waals surface area contributed by atoms with Gasteiger partial charge >= 0.3 is 0 Å². The van der Waals surface area contributed by atoms with Crippen molar-refractivity contribution >= 4 is 0 Å². The summed E-state index contributed by atoms with van der Waals surface area (Å²) in [6, 6.07) is 0. The van der Waals surface area contributed by atoms with E-state index in [0.717, 1.165) is 0 Å². The van der Waals surface area contributed by atoms with Crippen molar-refractivity contribution in [1.82, 2.24) is 5.32 Å². The molecule has 1 heteroatoms. The minimum atomic E-state index is -0.259. The molecule has 0 radical (unpaired) electrons. The van der Waals surface area contributed by atoms with Crippen LogP contribution < -0.4 is 5.32 Å². The molecule has 13 heavy (non-hydrogen) atoms. The first kappa shape index (κ1) is 12.5. The lowest BCUT2D eigenvalue weighted by Crippen LogP contribution is -2.58. The zero-order valence-corrected chi connectivity index (χ0v) is 10.1. The summed E-state index contributed by atoms with van der Waals surface area (Å²) < 4.78 is 0. The van der Waals surface area contributed by atoms with Crippen LogP contribution in [0.3, 0.4) is 0 Å². The third-order valence-electron chi connectivity index (χ3n) is 2.41. The molecule has 0 amide bonds. The van der Waals surface area contributed by atoms with Crippen molar-refractivity contribution in [2.45, 2.75) is 59.5 Å². The molecule has 0 aliphatic rings. The highest BCUT2D eigenvalue weighted by atomic mass is 15.0. The lowest BCUT2D eigenvalue weighted by atomic mass is 9.74. The van der Waals surface area contributed by atoms with Gasteiger partial charge in [0.15, 0.2) is 0 Å². The van der Waals surface area contributed by atoms with Gasteiger partial charge in [0.1, 0.15) is 0 Å². The van der Waals surface area contributed by atoms with Crippen molar-refractivity contribution in [3.8, 4) is 12.3 Å². The topological polar surface area (TPSA) is 12.0 Å². The highest BCUT2D eigenvalue weighted by Gasteiger charge is 2.38. The number of rotatable bonds is 1. The summed E-state index contributed by atoms with van der Waals surface area (Å²) in [5.41, 5.74) is -0.144. The summed E-state index contributed by atoms with van der Waals surface area (Å²) in [5, 5.41) is 3.49.